The molecule has 0 aliphatic carbocycles. The molecular weight excluding hydrogens is 592 g/mol. The van der Waals surface area contributed by atoms with Crippen LogP contribution in [0, 0.1) is 5.92 Å². The number of rotatable bonds is 17. The Hall–Kier alpha value is -5.11. The molecule has 0 spiro atoms. The van der Waals surface area contributed by atoms with Crippen LogP contribution in [0.2, 0.25) is 0 Å². The maximum atomic E-state index is 13.8. The van der Waals surface area contributed by atoms with Crippen LogP contribution in [0.5, 0.6) is 5.75 Å². The van der Waals surface area contributed by atoms with Crippen LogP contribution in [0.4, 0.5) is 0 Å². The van der Waals surface area contributed by atoms with Crippen LogP contribution >= 0.6 is 0 Å². The minimum absolute atomic E-state index is 0.0451. The Morgan fingerprint density at radius 3 is 2.24 bits per heavy atom. The highest BCUT2D eigenvalue weighted by molar-refractivity contribution is 5.95. The van der Waals surface area contributed by atoms with Crippen LogP contribution in [0.1, 0.15) is 44.2 Å². The van der Waals surface area contributed by atoms with Crippen molar-refractivity contribution >= 4 is 40.6 Å². The third-order valence-corrected chi connectivity index (χ3v) is 7.81. The zero-order valence-corrected chi connectivity index (χ0v) is 26.0. The van der Waals surface area contributed by atoms with Gasteiger partial charge in [0.2, 0.25) is 17.7 Å². The molecule has 3 rings (SSSR count). The highest BCUT2D eigenvalue weighted by atomic mass is 16.4. The van der Waals surface area contributed by atoms with Gasteiger partial charge in [-0.05, 0) is 54.5 Å². The summed E-state index contributed by atoms with van der Waals surface area (Å²) in [5, 5.41) is 28.2. The normalized spacial score (nSPS) is 14.3. The third kappa shape index (κ3) is 10.2. The van der Waals surface area contributed by atoms with Gasteiger partial charge in [0.15, 0.2) is 5.96 Å². The summed E-state index contributed by atoms with van der Waals surface area (Å²) in [5.74, 6) is -3.49. The quantitative estimate of drug-likeness (QED) is 0.0571. The summed E-state index contributed by atoms with van der Waals surface area (Å²) in [4.78, 5) is 59.5. The number of nitrogens with two attached hydrogens (primary N) is 3. The first-order valence-electron chi connectivity index (χ1n) is 15.2. The largest absolute Gasteiger partial charge is 0.508 e. The fourth-order valence-electron chi connectivity index (χ4n) is 4.97. The summed E-state index contributed by atoms with van der Waals surface area (Å²) < 4.78 is 0. The molecule has 46 heavy (non-hydrogen) atoms. The van der Waals surface area contributed by atoms with Crippen molar-refractivity contribution in [3.05, 3.63) is 65.9 Å². The average molecular weight is 637 g/mol. The first-order chi connectivity index (χ1) is 21.9. The van der Waals surface area contributed by atoms with Gasteiger partial charge >= 0.3 is 5.97 Å². The van der Waals surface area contributed by atoms with Gasteiger partial charge in [0.05, 0.1) is 6.04 Å². The third-order valence-electron chi connectivity index (χ3n) is 7.81. The number of nitrogens with zero attached hydrogens (tertiary/aromatic N) is 1. The van der Waals surface area contributed by atoms with Crippen molar-refractivity contribution in [2.75, 3.05) is 6.54 Å². The van der Waals surface area contributed by atoms with Crippen LogP contribution in [-0.4, -0.2) is 75.6 Å². The number of aromatic amines is 1. The average Bonchev–Trinajstić information content (AvgIpc) is 3.43. The lowest BCUT2D eigenvalue weighted by Gasteiger charge is -2.28. The summed E-state index contributed by atoms with van der Waals surface area (Å²) in [5.41, 5.74) is 19.1. The van der Waals surface area contributed by atoms with Crippen molar-refractivity contribution < 1.29 is 29.4 Å². The summed E-state index contributed by atoms with van der Waals surface area (Å²) in [6, 6.07) is 9.30. The van der Waals surface area contributed by atoms with E-state index >= 15 is 0 Å². The van der Waals surface area contributed by atoms with E-state index in [-0.39, 0.29) is 43.4 Å². The van der Waals surface area contributed by atoms with Gasteiger partial charge in [0, 0.05) is 30.1 Å². The molecule has 0 radical (unpaired) electrons. The first kappa shape index (κ1) is 35.4. The van der Waals surface area contributed by atoms with Crippen molar-refractivity contribution in [3.63, 3.8) is 0 Å². The molecule has 3 amide bonds. The minimum atomic E-state index is -1.26. The predicted octanol–water partition coefficient (Wildman–Crippen LogP) is 0.625. The second-order valence-electron chi connectivity index (χ2n) is 11.3. The maximum absolute atomic E-state index is 13.8. The highest BCUT2D eigenvalue weighted by Crippen LogP contribution is 2.20. The number of amides is 3. The number of hydrogen-bond acceptors (Lipinski definition) is 7. The van der Waals surface area contributed by atoms with Gasteiger partial charge in [-0.2, -0.15) is 0 Å². The van der Waals surface area contributed by atoms with E-state index in [9.17, 15) is 29.4 Å². The second-order valence-corrected chi connectivity index (χ2v) is 11.3. The summed E-state index contributed by atoms with van der Waals surface area (Å²) in [7, 11) is 0. The number of aromatic hydroxyl groups is 1. The van der Waals surface area contributed by atoms with E-state index < -0.39 is 47.9 Å². The lowest BCUT2D eigenvalue weighted by atomic mass is 9.96. The number of H-pyrrole nitrogens is 1. The molecule has 3 aromatic rings. The van der Waals surface area contributed by atoms with E-state index in [2.05, 4.69) is 25.9 Å². The maximum Gasteiger partial charge on any atom is 0.326 e. The summed E-state index contributed by atoms with van der Waals surface area (Å²) >= 11 is 0. The van der Waals surface area contributed by atoms with Gasteiger partial charge in [-0.15, -0.1) is 0 Å². The number of phenols is 1. The molecular formula is C32H44N8O6. The van der Waals surface area contributed by atoms with Gasteiger partial charge in [-0.25, -0.2) is 4.79 Å². The van der Waals surface area contributed by atoms with E-state index in [1.54, 1.807) is 25.3 Å². The molecule has 5 atom stereocenters. The Kier molecular flexibility index (Phi) is 12.9. The molecule has 248 valence electrons. The van der Waals surface area contributed by atoms with Crippen molar-refractivity contribution in [3.8, 4) is 5.75 Å². The number of guanidine groups is 1. The Labute approximate surface area is 267 Å². The zero-order chi connectivity index (χ0) is 33.8. The van der Waals surface area contributed by atoms with Gasteiger partial charge in [0.1, 0.15) is 23.9 Å². The SMILES string of the molecule is CCC(C)C(NC(=O)C(N)Cc1ccc(O)cc1)C(=O)NC(Cc1c[nH]c2ccccc12)C(=O)NC(CCCN=C(N)N)C(=O)O. The minimum Gasteiger partial charge on any atom is -0.508 e. The zero-order valence-electron chi connectivity index (χ0n) is 26.0. The number of benzene rings is 2. The molecule has 0 aliphatic heterocycles. The molecule has 1 aromatic heterocycles. The molecule has 14 nitrogen and oxygen atoms in total. The predicted molar refractivity (Wildman–Crippen MR) is 175 cm³/mol. The Balaban J connectivity index is 1.81. The van der Waals surface area contributed by atoms with Crippen LogP contribution in [0.3, 0.4) is 0 Å². The number of carbonyl (C=O) groups excluding carboxylic acids is 3. The van der Waals surface area contributed by atoms with E-state index in [1.807, 2.05) is 31.2 Å². The molecule has 2 aromatic carbocycles. The van der Waals surface area contributed by atoms with Crippen molar-refractivity contribution in [2.24, 2.45) is 28.1 Å². The number of hydrogen-bond donors (Lipinski definition) is 9. The smallest absolute Gasteiger partial charge is 0.326 e. The highest BCUT2D eigenvalue weighted by Gasteiger charge is 2.33. The number of aliphatic imine (C=N–C) groups is 1. The number of carbonyl (C=O) groups is 4. The molecule has 0 saturated heterocycles. The number of aromatic nitrogens is 1. The van der Waals surface area contributed by atoms with Crippen molar-refractivity contribution in [1.29, 1.82) is 0 Å². The number of carboxylic acids is 1. The van der Waals surface area contributed by atoms with Crippen LogP contribution in [-0.2, 0) is 32.0 Å². The molecule has 5 unspecified atom stereocenters. The van der Waals surface area contributed by atoms with Crippen LogP contribution in [0.15, 0.2) is 59.7 Å². The second kappa shape index (κ2) is 16.8. The molecule has 14 heteroatoms. The molecule has 0 fully saturated rings. The Morgan fingerprint density at radius 2 is 1.59 bits per heavy atom. The van der Waals surface area contributed by atoms with Gasteiger partial charge in [0.25, 0.3) is 0 Å². The molecule has 0 saturated carbocycles. The Bertz CT molecular complexity index is 1520. The number of aliphatic carboxylic acids is 1. The molecule has 1 heterocycles. The van der Waals surface area contributed by atoms with Crippen molar-refractivity contribution in [2.45, 2.75) is 70.1 Å². The molecule has 12 N–H and O–H groups in total. The Morgan fingerprint density at radius 1 is 0.913 bits per heavy atom. The number of para-hydroxylation sites is 1. The number of carboxylic acid groups (broad SMARTS) is 1. The van der Waals surface area contributed by atoms with E-state index in [4.69, 9.17) is 17.2 Å². The number of nitrogens with one attached hydrogen (secondary N) is 4. The topological polar surface area (TPSA) is 251 Å². The van der Waals surface area contributed by atoms with E-state index in [0.717, 1.165) is 22.0 Å². The summed E-state index contributed by atoms with van der Waals surface area (Å²) in [6.45, 7) is 3.84. The number of phenolic OH excluding ortho intramolecular Hbond substituents is 1. The van der Waals surface area contributed by atoms with Crippen molar-refractivity contribution in [1.82, 2.24) is 20.9 Å². The van der Waals surface area contributed by atoms with E-state index in [1.165, 1.54) is 12.1 Å². The van der Waals surface area contributed by atoms with Gasteiger partial charge in [-0.3, -0.25) is 19.4 Å². The van der Waals surface area contributed by atoms with Gasteiger partial charge in [-0.1, -0.05) is 50.6 Å². The van der Waals surface area contributed by atoms with Crippen LogP contribution < -0.4 is 33.2 Å². The fourth-order valence-corrected chi connectivity index (χ4v) is 4.97. The van der Waals surface area contributed by atoms with E-state index in [0.29, 0.717) is 12.8 Å². The fraction of sp³-hybridized carbons (Fsp3) is 0.406. The molecule has 0 aliphatic rings. The summed E-state index contributed by atoms with van der Waals surface area (Å²) in [6.07, 6.45) is 2.83. The first-order valence-corrected chi connectivity index (χ1v) is 15.2. The standard InChI is InChI=1S/C32H44N8O6/c1-3-18(2)27(40-28(42)23(33)15-19-10-12-21(41)13-11-19)30(44)39-26(16-20-17-37-24-8-5-4-7-22(20)24)29(43)38-25(31(45)46)9-6-14-36-32(34)35/h4-5,7-8,10-13,17-18,23,25-27,37,41H,3,6,9,14-16,33H2,1-2H3,(H,38,43)(H,39,44)(H,40,42)(H,45,46)(H4,34,35,36). The lowest BCUT2D eigenvalue weighted by molar-refractivity contribution is -0.142. The van der Waals surface area contributed by atoms with Crippen LogP contribution in [0.25, 0.3) is 10.9 Å². The number of fused-ring (bicyclic) bond motifs is 1. The molecule has 0 bridgehead atoms. The monoisotopic (exact) mass is 636 g/mol. The van der Waals surface area contributed by atoms with Gasteiger partial charge < -0.3 is 48.3 Å². The lowest BCUT2D eigenvalue weighted by Crippen LogP contribution is -2.59.